The zero-order chi connectivity index (χ0) is 12.0. The van der Waals surface area contributed by atoms with Gasteiger partial charge in [0.05, 0.1) is 6.61 Å². The Morgan fingerprint density at radius 1 is 1.38 bits per heavy atom. The number of benzene rings is 1. The van der Waals surface area contributed by atoms with Crippen LogP contribution in [0.4, 0.5) is 0 Å². The van der Waals surface area contributed by atoms with E-state index in [0.717, 1.165) is 11.1 Å². The van der Waals surface area contributed by atoms with Crippen molar-refractivity contribution in [1.29, 1.82) is 0 Å². The first-order valence-electron chi connectivity index (χ1n) is 4.67. The average molecular weight is 264 g/mol. The van der Waals surface area contributed by atoms with E-state index in [1.165, 1.54) is 0 Å². The van der Waals surface area contributed by atoms with E-state index in [9.17, 15) is 8.42 Å². The van der Waals surface area contributed by atoms with Gasteiger partial charge in [0.2, 0.25) is 10.0 Å². The SMILES string of the molecule is COCc1cccc(CNS(=O)(=O)CCl)c1. The van der Waals surface area contributed by atoms with E-state index in [4.69, 9.17) is 16.3 Å². The van der Waals surface area contributed by atoms with Crippen LogP contribution in [0.2, 0.25) is 0 Å². The summed E-state index contributed by atoms with van der Waals surface area (Å²) in [6, 6.07) is 7.51. The van der Waals surface area contributed by atoms with E-state index in [1.807, 2.05) is 24.3 Å². The highest BCUT2D eigenvalue weighted by Crippen LogP contribution is 2.06. The van der Waals surface area contributed by atoms with Crippen molar-refractivity contribution in [2.75, 3.05) is 12.3 Å². The molecule has 0 fully saturated rings. The van der Waals surface area contributed by atoms with Crippen LogP contribution in [0.15, 0.2) is 24.3 Å². The van der Waals surface area contributed by atoms with Crippen molar-refractivity contribution < 1.29 is 13.2 Å². The van der Waals surface area contributed by atoms with Gasteiger partial charge in [-0.3, -0.25) is 0 Å². The minimum absolute atomic E-state index is 0.243. The Hall–Kier alpha value is -0.620. The van der Waals surface area contributed by atoms with Crippen LogP contribution >= 0.6 is 11.6 Å². The summed E-state index contributed by atoms with van der Waals surface area (Å²) in [5.41, 5.74) is 1.88. The minimum Gasteiger partial charge on any atom is -0.380 e. The van der Waals surface area contributed by atoms with Crippen LogP contribution in [-0.2, 0) is 27.9 Å². The summed E-state index contributed by atoms with van der Waals surface area (Å²) in [5, 5.41) is -0.426. The van der Waals surface area contributed by atoms with Crippen LogP contribution < -0.4 is 4.72 Å². The molecule has 0 spiro atoms. The molecule has 1 aromatic rings. The van der Waals surface area contributed by atoms with Crippen LogP contribution in [0.5, 0.6) is 0 Å². The molecule has 16 heavy (non-hydrogen) atoms. The lowest BCUT2D eigenvalue weighted by molar-refractivity contribution is 0.185. The summed E-state index contributed by atoms with van der Waals surface area (Å²) in [4.78, 5) is 0. The lowest BCUT2D eigenvalue weighted by atomic mass is 10.1. The highest BCUT2D eigenvalue weighted by molar-refractivity contribution is 7.90. The summed E-state index contributed by atoms with van der Waals surface area (Å²) >= 11 is 5.27. The monoisotopic (exact) mass is 263 g/mol. The van der Waals surface area contributed by atoms with E-state index in [2.05, 4.69) is 4.72 Å². The Balaban J connectivity index is 2.64. The summed E-state index contributed by atoms with van der Waals surface area (Å²) in [7, 11) is -1.74. The van der Waals surface area contributed by atoms with E-state index < -0.39 is 15.2 Å². The first-order valence-corrected chi connectivity index (χ1v) is 6.86. The molecule has 0 radical (unpaired) electrons. The molecule has 0 aliphatic heterocycles. The molecule has 0 aliphatic carbocycles. The van der Waals surface area contributed by atoms with Crippen molar-refractivity contribution in [3.8, 4) is 0 Å². The topological polar surface area (TPSA) is 55.4 Å². The highest BCUT2D eigenvalue weighted by Gasteiger charge is 2.07. The molecule has 0 aliphatic rings. The molecule has 0 bridgehead atoms. The largest absolute Gasteiger partial charge is 0.380 e. The number of nitrogens with one attached hydrogen (secondary N) is 1. The van der Waals surface area contributed by atoms with Gasteiger partial charge < -0.3 is 4.74 Å². The molecule has 1 N–H and O–H groups in total. The van der Waals surface area contributed by atoms with E-state index in [1.54, 1.807) is 7.11 Å². The van der Waals surface area contributed by atoms with Crippen molar-refractivity contribution >= 4 is 21.6 Å². The van der Waals surface area contributed by atoms with Gasteiger partial charge in [0.25, 0.3) is 0 Å². The Kier molecular flexibility index (Phi) is 5.21. The molecular weight excluding hydrogens is 250 g/mol. The van der Waals surface area contributed by atoms with E-state index in [0.29, 0.717) is 6.61 Å². The third-order valence-corrected chi connectivity index (χ3v) is 3.68. The number of ether oxygens (including phenoxy) is 1. The number of rotatable bonds is 6. The molecule has 6 heteroatoms. The van der Waals surface area contributed by atoms with Gasteiger partial charge in [0, 0.05) is 13.7 Å². The maximum atomic E-state index is 11.1. The fourth-order valence-corrected chi connectivity index (χ4v) is 1.92. The minimum atomic E-state index is -3.36. The summed E-state index contributed by atoms with van der Waals surface area (Å²) in [5.74, 6) is 0. The molecule has 0 heterocycles. The normalized spacial score (nSPS) is 11.6. The first-order chi connectivity index (χ1) is 7.57. The van der Waals surface area contributed by atoms with Crippen molar-refractivity contribution in [2.45, 2.75) is 13.2 Å². The number of hydrogen-bond donors (Lipinski definition) is 1. The van der Waals surface area contributed by atoms with Gasteiger partial charge in [-0.1, -0.05) is 24.3 Å². The van der Waals surface area contributed by atoms with Gasteiger partial charge in [-0.15, -0.1) is 11.6 Å². The van der Waals surface area contributed by atoms with Crippen LogP contribution in [0, 0.1) is 0 Å². The first kappa shape index (κ1) is 13.4. The Morgan fingerprint density at radius 3 is 2.69 bits per heavy atom. The number of alkyl halides is 1. The summed E-state index contributed by atoms with van der Waals surface area (Å²) in [6.45, 7) is 0.753. The second kappa shape index (κ2) is 6.20. The highest BCUT2D eigenvalue weighted by atomic mass is 35.5. The number of halogens is 1. The van der Waals surface area contributed by atoms with E-state index >= 15 is 0 Å². The fourth-order valence-electron chi connectivity index (χ4n) is 1.23. The van der Waals surface area contributed by atoms with Crippen molar-refractivity contribution in [3.05, 3.63) is 35.4 Å². The molecule has 4 nitrogen and oxygen atoms in total. The molecule has 0 saturated carbocycles. The van der Waals surface area contributed by atoms with Crippen LogP contribution in [0.25, 0.3) is 0 Å². The van der Waals surface area contributed by atoms with Gasteiger partial charge in [-0.25, -0.2) is 13.1 Å². The molecule has 1 aromatic carbocycles. The number of sulfonamides is 1. The van der Waals surface area contributed by atoms with Gasteiger partial charge in [-0.05, 0) is 11.1 Å². The number of methoxy groups -OCH3 is 1. The molecule has 0 amide bonds. The quantitative estimate of drug-likeness (QED) is 0.791. The van der Waals surface area contributed by atoms with Gasteiger partial charge in [0.15, 0.2) is 0 Å². The second-order valence-corrected chi connectivity index (χ2v) is 5.69. The number of hydrogen-bond acceptors (Lipinski definition) is 3. The Morgan fingerprint density at radius 2 is 2.06 bits per heavy atom. The second-order valence-electron chi connectivity index (χ2n) is 3.30. The molecule has 0 saturated heterocycles. The maximum Gasteiger partial charge on any atom is 0.225 e. The summed E-state index contributed by atoms with van der Waals surface area (Å²) in [6.07, 6.45) is 0. The third kappa shape index (κ3) is 4.49. The molecule has 0 aromatic heterocycles. The van der Waals surface area contributed by atoms with E-state index in [-0.39, 0.29) is 6.54 Å². The van der Waals surface area contributed by atoms with Gasteiger partial charge in [-0.2, -0.15) is 0 Å². The maximum absolute atomic E-state index is 11.1. The Labute approximate surface area is 101 Å². The predicted octanol–water partition coefficient (Wildman–Crippen LogP) is 1.45. The van der Waals surface area contributed by atoms with Gasteiger partial charge in [0.1, 0.15) is 5.21 Å². The average Bonchev–Trinajstić information content (AvgIpc) is 2.28. The van der Waals surface area contributed by atoms with Crippen LogP contribution in [0.3, 0.4) is 0 Å². The fraction of sp³-hybridized carbons (Fsp3) is 0.400. The van der Waals surface area contributed by atoms with Crippen molar-refractivity contribution in [1.82, 2.24) is 4.72 Å². The predicted molar refractivity (Wildman–Crippen MR) is 63.6 cm³/mol. The molecule has 90 valence electrons. The Bertz CT molecular complexity index is 433. The lowest BCUT2D eigenvalue weighted by Crippen LogP contribution is -2.23. The lowest BCUT2D eigenvalue weighted by Gasteiger charge is -2.06. The third-order valence-electron chi connectivity index (χ3n) is 1.94. The van der Waals surface area contributed by atoms with Crippen molar-refractivity contribution in [2.24, 2.45) is 0 Å². The molecular formula is C10H14ClNO3S. The van der Waals surface area contributed by atoms with Gasteiger partial charge >= 0.3 is 0 Å². The smallest absolute Gasteiger partial charge is 0.225 e. The zero-order valence-corrected chi connectivity index (χ0v) is 10.5. The van der Waals surface area contributed by atoms with Crippen molar-refractivity contribution in [3.63, 3.8) is 0 Å². The molecule has 0 unspecified atom stereocenters. The molecule has 0 atom stereocenters. The van der Waals surface area contributed by atoms with Crippen LogP contribution in [0.1, 0.15) is 11.1 Å². The molecule has 1 rings (SSSR count). The summed E-state index contributed by atoms with van der Waals surface area (Å²) < 4.78 is 29.6. The standard InChI is InChI=1S/C10H14ClNO3S/c1-15-7-10-4-2-3-9(5-10)6-12-16(13,14)8-11/h2-5,12H,6-8H2,1H3. The van der Waals surface area contributed by atoms with Crippen LogP contribution in [-0.4, -0.2) is 20.7 Å². The zero-order valence-electron chi connectivity index (χ0n) is 8.94.